The maximum absolute atomic E-state index is 10.5. The van der Waals surface area contributed by atoms with Crippen LogP contribution >= 0.6 is 0 Å². The average Bonchev–Trinajstić information content (AvgIpc) is 1.98. The Balaban J connectivity index is 3.65. The molecule has 0 unspecified atom stereocenters. The van der Waals surface area contributed by atoms with Crippen molar-refractivity contribution >= 4 is 18.5 Å². The molecule has 0 rings (SSSR count). The molecule has 0 heterocycles. The van der Waals surface area contributed by atoms with E-state index in [9.17, 15) is 14.4 Å². The quantitative estimate of drug-likeness (QED) is 0.520. The SMILES string of the molecule is CCCOC(=O)OC(=O)OC(=O)O. The van der Waals surface area contributed by atoms with E-state index in [1.807, 2.05) is 0 Å². The Kier molecular flexibility index (Phi) is 5.01. The highest BCUT2D eigenvalue weighted by atomic mass is 16.8. The Morgan fingerprint density at radius 3 is 2.23 bits per heavy atom. The third-order valence-electron chi connectivity index (χ3n) is 0.761. The van der Waals surface area contributed by atoms with Gasteiger partial charge in [0.15, 0.2) is 0 Å². The van der Waals surface area contributed by atoms with Crippen molar-refractivity contribution in [1.29, 1.82) is 0 Å². The van der Waals surface area contributed by atoms with Crippen molar-refractivity contribution < 1.29 is 33.7 Å². The van der Waals surface area contributed by atoms with Crippen LogP contribution in [-0.2, 0) is 14.2 Å². The van der Waals surface area contributed by atoms with Crippen LogP contribution in [0.2, 0.25) is 0 Å². The van der Waals surface area contributed by atoms with Crippen molar-refractivity contribution in [2.45, 2.75) is 13.3 Å². The summed E-state index contributed by atoms with van der Waals surface area (Å²) in [5.74, 6) is 0. The highest BCUT2D eigenvalue weighted by molar-refractivity contribution is 5.83. The maximum atomic E-state index is 10.5. The lowest BCUT2D eigenvalue weighted by Crippen LogP contribution is -2.17. The number of rotatable bonds is 2. The lowest BCUT2D eigenvalue weighted by atomic mass is 10.5. The first-order valence-electron chi connectivity index (χ1n) is 3.35. The Hall–Kier alpha value is -1.79. The van der Waals surface area contributed by atoms with Crippen LogP contribution in [0.25, 0.3) is 0 Å². The molecule has 0 bridgehead atoms. The molecule has 0 aliphatic carbocycles. The van der Waals surface area contributed by atoms with Gasteiger partial charge < -0.3 is 19.3 Å². The van der Waals surface area contributed by atoms with E-state index in [1.54, 1.807) is 6.92 Å². The fourth-order valence-electron chi connectivity index (χ4n) is 0.375. The van der Waals surface area contributed by atoms with Crippen molar-refractivity contribution in [3.05, 3.63) is 0 Å². The van der Waals surface area contributed by atoms with Gasteiger partial charge in [0.05, 0.1) is 6.61 Å². The zero-order valence-corrected chi connectivity index (χ0v) is 6.81. The molecule has 0 radical (unpaired) electrons. The fraction of sp³-hybridized carbons (Fsp3) is 0.500. The van der Waals surface area contributed by atoms with Crippen LogP contribution in [0, 0.1) is 0 Å². The van der Waals surface area contributed by atoms with E-state index >= 15 is 0 Å². The number of carbonyl (C=O) groups excluding carboxylic acids is 2. The molecular weight excluding hydrogens is 184 g/mol. The molecule has 0 fully saturated rings. The van der Waals surface area contributed by atoms with Crippen molar-refractivity contribution in [3.8, 4) is 0 Å². The van der Waals surface area contributed by atoms with Crippen LogP contribution in [0.3, 0.4) is 0 Å². The zero-order valence-electron chi connectivity index (χ0n) is 6.81. The minimum Gasteiger partial charge on any atom is -0.449 e. The molecule has 0 amide bonds. The predicted octanol–water partition coefficient (Wildman–Crippen LogP) is 1.36. The van der Waals surface area contributed by atoms with Gasteiger partial charge in [0.1, 0.15) is 0 Å². The molecule has 0 aliphatic heterocycles. The number of hydrogen-bond donors (Lipinski definition) is 1. The van der Waals surface area contributed by atoms with E-state index < -0.39 is 18.5 Å². The normalized spacial score (nSPS) is 8.69. The van der Waals surface area contributed by atoms with Gasteiger partial charge in [0.2, 0.25) is 0 Å². The van der Waals surface area contributed by atoms with Crippen LogP contribution in [0.4, 0.5) is 14.4 Å². The second kappa shape index (κ2) is 5.81. The van der Waals surface area contributed by atoms with Crippen LogP contribution in [0.5, 0.6) is 0 Å². The van der Waals surface area contributed by atoms with Crippen molar-refractivity contribution in [1.82, 2.24) is 0 Å². The summed E-state index contributed by atoms with van der Waals surface area (Å²) in [6, 6.07) is 0. The largest absolute Gasteiger partial charge is 0.528 e. The summed E-state index contributed by atoms with van der Waals surface area (Å²) in [7, 11) is 0. The molecular formula is C6H8O7. The average molecular weight is 192 g/mol. The Morgan fingerprint density at radius 2 is 1.77 bits per heavy atom. The van der Waals surface area contributed by atoms with E-state index in [2.05, 4.69) is 14.2 Å². The molecule has 0 aromatic carbocycles. The first-order valence-corrected chi connectivity index (χ1v) is 3.35. The van der Waals surface area contributed by atoms with Gasteiger partial charge in [-0.05, 0) is 6.42 Å². The Labute approximate surface area is 73.2 Å². The van der Waals surface area contributed by atoms with Gasteiger partial charge in [-0.2, -0.15) is 0 Å². The number of hydrogen-bond acceptors (Lipinski definition) is 6. The van der Waals surface area contributed by atoms with E-state index in [4.69, 9.17) is 5.11 Å². The van der Waals surface area contributed by atoms with Crippen molar-refractivity contribution in [2.75, 3.05) is 6.61 Å². The topological polar surface area (TPSA) is 99.1 Å². The molecule has 74 valence electrons. The van der Waals surface area contributed by atoms with Crippen molar-refractivity contribution in [2.24, 2.45) is 0 Å². The van der Waals surface area contributed by atoms with Gasteiger partial charge in [-0.15, -0.1) is 0 Å². The van der Waals surface area contributed by atoms with Crippen LogP contribution < -0.4 is 0 Å². The fourth-order valence-corrected chi connectivity index (χ4v) is 0.375. The van der Waals surface area contributed by atoms with Crippen LogP contribution in [0.15, 0.2) is 0 Å². The van der Waals surface area contributed by atoms with E-state index in [-0.39, 0.29) is 6.61 Å². The Bertz CT molecular complexity index is 209. The molecule has 0 saturated carbocycles. The van der Waals surface area contributed by atoms with Gasteiger partial charge in [-0.1, -0.05) is 6.92 Å². The number of ether oxygens (including phenoxy) is 3. The molecule has 0 aliphatic rings. The zero-order chi connectivity index (χ0) is 10.3. The summed E-state index contributed by atoms with van der Waals surface area (Å²) in [6.45, 7) is 1.82. The minimum atomic E-state index is -1.85. The molecule has 13 heavy (non-hydrogen) atoms. The highest BCUT2D eigenvalue weighted by Gasteiger charge is 2.15. The predicted molar refractivity (Wildman–Crippen MR) is 37.2 cm³/mol. The van der Waals surface area contributed by atoms with Gasteiger partial charge in [-0.25, -0.2) is 14.4 Å². The molecule has 0 saturated heterocycles. The second-order valence-corrected chi connectivity index (χ2v) is 1.82. The minimum absolute atomic E-state index is 0.0825. The smallest absolute Gasteiger partial charge is 0.449 e. The summed E-state index contributed by atoms with van der Waals surface area (Å²) in [4.78, 5) is 30.5. The highest BCUT2D eigenvalue weighted by Crippen LogP contribution is 1.91. The standard InChI is InChI=1S/C6H8O7/c1-2-3-11-5(9)13-6(10)12-4(7)8/h2-3H2,1H3,(H,7,8). The van der Waals surface area contributed by atoms with E-state index in [0.29, 0.717) is 6.42 Å². The summed E-state index contributed by atoms with van der Waals surface area (Å²) in [5, 5.41) is 7.90. The number of carbonyl (C=O) groups is 3. The van der Waals surface area contributed by atoms with Gasteiger partial charge in [0.25, 0.3) is 0 Å². The summed E-state index contributed by atoms with van der Waals surface area (Å²) in [6.07, 6.45) is -4.21. The molecule has 7 heteroatoms. The third kappa shape index (κ3) is 6.60. The first-order chi connectivity index (χ1) is 6.06. The second-order valence-electron chi connectivity index (χ2n) is 1.82. The maximum Gasteiger partial charge on any atom is 0.528 e. The van der Waals surface area contributed by atoms with Gasteiger partial charge >= 0.3 is 18.5 Å². The lowest BCUT2D eigenvalue weighted by molar-refractivity contribution is 0.0391. The third-order valence-corrected chi connectivity index (χ3v) is 0.761. The van der Waals surface area contributed by atoms with E-state index in [0.717, 1.165) is 0 Å². The first kappa shape index (κ1) is 11.2. The summed E-state index contributed by atoms with van der Waals surface area (Å²) >= 11 is 0. The molecule has 0 spiro atoms. The monoisotopic (exact) mass is 192 g/mol. The lowest BCUT2D eigenvalue weighted by Gasteiger charge is -2.00. The molecule has 1 N–H and O–H groups in total. The van der Waals surface area contributed by atoms with E-state index in [1.165, 1.54) is 0 Å². The summed E-state index contributed by atoms with van der Waals surface area (Å²) < 4.78 is 11.5. The van der Waals surface area contributed by atoms with Crippen LogP contribution in [-0.4, -0.2) is 30.2 Å². The van der Waals surface area contributed by atoms with Gasteiger partial charge in [0, 0.05) is 0 Å². The summed E-state index contributed by atoms with van der Waals surface area (Å²) in [5.41, 5.74) is 0. The van der Waals surface area contributed by atoms with Crippen LogP contribution in [0.1, 0.15) is 13.3 Å². The van der Waals surface area contributed by atoms with Gasteiger partial charge in [-0.3, -0.25) is 0 Å². The van der Waals surface area contributed by atoms with Crippen molar-refractivity contribution in [3.63, 3.8) is 0 Å². The molecule has 0 aromatic heterocycles. The number of carboxylic acid groups (broad SMARTS) is 1. The molecule has 7 nitrogen and oxygen atoms in total. The molecule has 0 aromatic rings. The molecule has 0 atom stereocenters. The Morgan fingerprint density at radius 1 is 1.15 bits per heavy atom.